The Morgan fingerprint density at radius 1 is 1.32 bits per heavy atom. The molecule has 0 aliphatic rings. The van der Waals surface area contributed by atoms with E-state index in [1.165, 1.54) is 6.07 Å². The van der Waals surface area contributed by atoms with Gasteiger partial charge >= 0.3 is 0 Å². The molecule has 0 aliphatic carbocycles. The number of ether oxygens (including phenoxy) is 1. The van der Waals surface area contributed by atoms with Gasteiger partial charge in [-0.25, -0.2) is 9.37 Å². The minimum absolute atomic E-state index is 0.318. The van der Waals surface area contributed by atoms with Crippen LogP contribution >= 0.6 is 15.9 Å². The average Bonchev–Trinajstić information content (AvgIpc) is 2.41. The maximum absolute atomic E-state index is 13.1. The largest absolute Gasteiger partial charge is 0.439 e. The number of benzene rings is 1. The minimum Gasteiger partial charge on any atom is -0.439 e. The highest BCUT2D eigenvalue weighted by Crippen LogP contribution is 2.25. The van der Waals surface area contributed by atoms with Gasteiger partial charge in [0.05, 0.1) is 10.2 Å². The summed E-state index contributed by atoms with van der Waals surface area (Å²) in [7, 11) is 0. The normalized spacial score (nSPS) is 10.5. The van der Waals surface area contributed by atoms with Crippen molar-refractivity contribution in [3.63, 3.8) is 0 Å². The van der Waals surface area contributed by atoms with E-state index in [1.54, 1.807) is 18.2 Å². The third-order valence-corrected chi connectivity index (χ3v) is 3.06. The van der Waals surface area contributed by atoms with E-state index >= 15 is 0 Å². The molecule has 100 valence electrons. The first-order valence-electron chi connectivity index (χ1n) is 5.98. The molecule has 0 radical (unpaired) electrons. The number of hydrogen-bond donors (Lipinski definition) is 1. The summed E-state index contributed by atoms with van der Waals surface area (Å²) in [5, 5.41) is 3.20. The van der Waals surface area contributed by atoms with Gasteiger partial charge in [0.15, 0.2) is 0 Å². The summed E-state index contributed by atoms with van der Waals surface area (Å²) in [6.07, 6.45) is 0. The predicted molar refractivity (Wildman–Crippen MR) is 75.8 cm³/mol. The number of nitrogens with one attached hydrogen (secondary N) is 1. The number of pyridine rings is 1. The van der Waals surface area contributed by atoms with Gasteiger partial charge in [-0.3, -0.25) is 0 Å². The molecule has 0 amide bonds. The molecule has 0 fully saturated rings. The van der Waals surface area contributed by atoms with Crippen LogP contribution in [0, 0.1) is 5.82 Å². The van der Waals surface area contributed by atoms with E-state index in [-0.39, 0.29) is 5.82 Å². The van der Waals surface area contributed by atoms with Crippen LogP contribution < -0.4 is 10.1 Å². The highest BCUT2D eigenvalue weighted by molar-refractivity contribution is 9.10. The van der Waals surface area contributed by atoms with Crippen molar-refractivity contribution >= 4 is 15.9 Å². The molecule has 0 saturated carbocycles. The van der Waals surface area contributed by atoms with E-state index in [1.807, 2.05) is 19.1 Å². The van der Waals surface area contributed by atoms with Crippen LogP contribution in [0.4, 0.5) is 4.39 Å². The quantitative estimate of drug-likeness (QED) is 0.906. The van der Waals surface area contributed by atoms with E-state index in [9.17, 15) is 4.39 Å². The van der Waals surface area contributed by atoms with E-state index in [0.29, 0.717) is 22.6 Å². The summed E-state index contributed by atoms with van der Waals surface area (Å²) >= 11 is 3.12. The van der Waals surface area contributed by atoms with Gasteiger partial charge in [-0.2, -0.15) is 0 Å². The standard InChI is InChI=1S/C14H14BrFN2O/c1-2-17-9-10-4-3-5-14(18-10)19-11-6-7-13(16)12(15)8-11/h3-8,17H,2,9H2,1H3. The molecule has 0 unspecified atom stereocenters. The Labute approximate surface area is 119 Å². The van der Waals surface area contributed by atoms with Crippen molar-refractivity contribution in [3.05, 3.63) is 52.4 Å². The van der Waals surface area contributed by atoms with Crippen molar-refractivity contribution in [1.29, 1.82) is 0 Å². The fourth-order valence-electron chi connectivity index (χ4n) is 1.53. The zero-order valence-corrected chi connectivity index (χ0v) is 12.1. The Balaban J connectivity index is 2.11. The Kier molecular flexibility index (Phi) is 4.87. The summed E-state index contributed by atoms with van der Waals surface area (Å²) in [6.45, 7) is 3.62. The van der Waals surface area contributed by atoms with Crippen molar-refractivity contribution in [1.82, 2.24) is 10.3 Å². The highest BCUT2D eigenvalue weighted by atomic mass is 79.9. The van der Waals surface area contributed by atoms with Crippen LogP contribution in [0.3, 0.4) is 0 Å². The Morgan fingerprint density at radius 3 is 2.89 bits per heavy atom. The molecule has 0 spiro atoms. The maximum Gasteiger partial charge on any atom is 0.219 e. The summed E-state index contributed by atoms with van der Waals surface area (Å²) < 4.78 is 19.1. The topological polar surface area (TPSA) is 34.1 Å². The van der Waals surface area contributed by atoms with Gasteiger partial charge < -0.3 is 10.1 Å². The molecule has 0 atom stereocenters. The molecular weight excluding hydrogens is 311 g/mol. The van der Waals surface area contributed by atoms with E-state index < -0.39 is 0 Å². The lowest BCUT2D eigenvalue weighted by Crippen LogP contribution is -2.12. The Bertz CT molecular complexity index is 563. The Hall–Kier alpha value is -1.46. The molecule has 0 aliphatic heterocycles. The summed E-state index contributed by atoms with van der Waals surface area (Å²) in [5.41, 5.74) is 0.903. The van der Waals surface area contributed by atoms with Gasteiger partial charge in [0.2, 0.25) is 5.88 Å². The van der Waals surface area contributed by atoms with Gasteiger partial charge in [-0.1, -0.05) is 13.0 Å². The van der Waals surface area contributed by atoms with Crippen LogP contribution in [0.1, 0.15) is 12.6 Å². The van der Waals surface area contributed by atoms with E-state index in [4.69, 9.17) is 4.74 Å². The third kappa shape index (κ3) is 4.01. The second-order valence-corrected chi connectivity index (χ2v) is 4.78. The molecule has 2 aromatic rings. The zero-order valence-electron chi connectivity index (χ0n) is 10.5. The van der Waals surface area contributed by atoms with Gasteiger partial charge in [-0.15, -0.1) is 0 Å². The second kappa shape index (κ2) is 6.63. The van der Waals surface area contributed by atoms with E-state index in [0.717, 1.165) is 12.2 Å². The number of hydrogen-bond acceptors (Lipinski definition) is 3. The predicted octanol–water partition coefficient (Wildman–Crippen LogP) is 3.89. The monoisotopic (exact) mass is 324 g/mol. The molecular formula is C14H14BrFN2O. The second-order valence-electron chi connectivity index (χ2n) is 3.93. The molecule has 1 N–H and O–H groups in total. The van der Waals surface area contributed by atoms with Crippen LogP contribution in [0.15, 0.2) is 40.9 Å². The van der Waals surface area contributed by atoms with E-state index in [2.05, 4.69) is 26.2 Å². The SMILES string of the molecule is CCNCc1cccc(Oc2ccc(F)c(Br)c2)n1. The average molecular weight is 325 g/mol. The third-order valence-electron chi connectivity index (χ3n) is 2.45. The van der Waals surface area contributed by atoms with Gasteiger partial charge in [0, 0.05) is 12.6 Å². The first-order valence-corrected chi connectivity index (χ1v) is 6.78. The lowest BCUT2D eigenvalue weighted by Gasteiger charge is -2.07. The fraction of sp³-hybridized carbons (Fsp3) is 0.214. The molecule has 0 bridgehead atoms. The molecule has 19 heavy (non-hydrogen) atoms. The van der Waals surface area contributed by atoms with Crippen molar-refractivity contribution in [2.24, 2.45) is 0 Å². The number of nitrogens with zero attached hydrogens (tertiary/aromatic N) is 1. The number of halogens is 2. The van der Waals surface area contributed by atoms with Gasteiger partial charge in [0.1, 0.15) is 11.6 Å². The molecule has 2 rings (SSSR count). The first-order chi connectivity index (χ1) is 9.19. The number of rotatable bonds is 5. The lowest BCUT2D eigenvalue weighted by molar-refractivity contribution is 0.457. The molecule has 5 heteroatoms. The van der Waals surface area contributed by atoms with Crippen molar-refractivity contribution in [2.75, 3.05) is 6.54 Å². The van der Waals surface area contributed by atoms with Crippen LogP contribution in [0.25, 0.3) is 0 Å². The maximum atomic E-state index is 13.1. The summed E-state index contributed by atoms with van der Waals surface area (Å²) in [6, 6.07) is 10.1. The first kappa shape index (κ1) is 14.0. The molecule has 1 heterocycles. The highest BCUT2D eigenvalue weighted by Gasteiger charge is 2.04. The molecule has 3 nitrogen and oxygen atoms in total. The molecule has 1 aromatic heterocycles. The minimum atomic E-state index is -0.318. The van der Waals surface area contributed by atoms with Crippen molar-refractivity contribution in [3.8, 4) is 11.6 Å². The Morgan fingerprint density at radius 2 is 2.16 bits per heavy atom. The van der Waals surface area contributed by atoms with Crippen molar-refractivity contribution in [2.45, 2.75) is 13.5 Å². The lowest BCUT2D eigenvalue weighted by atomic mass is 10.3. The van der Waals surface area contributed by atoms with Crippen LogP contribution in [0.5, 0.6) is 11.6 Å². The fourth-order valence-corrected chi connectivity index (χ4v) is 1.88. The zero-order chi connectivity index (χ0) is 13.7. The van der Waals surface area contributed by atoms with Gasteiger partial charge in [0.25, 0.3) is 0 Å². The van der Waals surface area contributed by atoms with Gasteiger partial charge in [-0.05, 0) is 46.7 Å². The van der Waals surface area contributed by atoms with Crippen LogP contribution in [0.2, 0.25) is 0 Å². The van der Waals surface area contributed by atoms with Crippen LogP contribution in [-0.4, -0.2) is 11.5 Å². The van der Waals surface area contributed by atoms with Crippen molar-refractivity contribution < 1.29 is 9.13 Å². The molecule has 0 saturated heterocycles. The van der Waals surface area contributed by atoms with Crippen LogP contribution in [-0.2, 0) is 6.54 Å². The molecule has 1 aromatic carbocycles. The summed E-state index contributed by atoms with van der Waals surface area (Å²) in [4.78, 5) is 4.36. The number of aromatic nitrogens is 1. The smallest absolute Gasteiger partial charge is 0.219 e. The summed E-state index contributed by atoms with van der Waals surface area (Å²) in [5.74, 6) is 0.719.